The molecule has 8 nitrogen and oxygen atoms in total. The number of carbonyl (C=O) groups is 2. The first-order valence-electron chi connectivity index (χ1n) is 14.3. The molecule has 1 saturated carbocycles. The van der Waals surface area contributed by atoms with E-state index in [1.54, 1.807) is 30.3 Å². The van der Waals surface area contributed by atoms with Crippen LogP contribution in [0.4, 0.5) is 5.69 Å². The lowest BCUT2D eigenvalue weighted by atomic mass is 9.94. The Morgan fingerprint density at radius 3 is 2.12 bits per heavy atom. The lowest BCUT2D eigenvalue weighted by Gasteiger charge is -2.35. The van der Waals surface area contributed by atoms with E-state index in [1.165, 1.54) is 19.0 Å². The minimum Gasteiger partial charge on any atom is -0.352 e. The van der Waals surface area contributed by atoms with E-state index in [9.17, 15) is 18.0 Å². The highest BCUT2D eigenvalue weighted by Gasteiger charge is 2.35. The van der Waals surface area contributed by atoms with Crippen molar-refractivity contribution in [1.29, 1.82) is 0 Å². The van der Waals surface area contributed by atoms with Crippen LogP contribution >= 0.6 is 15.9 Å². The zero-order chi connectivity index (χ0) is 30.1. The molecule has 1 aliphatic carbocycles. The van der Waals surface area contributed by atoms with Crippen molar-refractivity contribution in [3.63, 3.8) is 0 Å². The molecular weight excluding hydrogens is 616 g/mol. The van der Waals surface area contributed by atoms with E-state index in [0.717, 1.165) is 56.3 Å². The van der Waals surface area contributed by atoms with Gasteiger partial charge in [0, 0.05) is 37.6 Å². The Labute approximate surface area is 258 Å². The molecular formula is C32H39BrN4O4S. The molecule has 1 fully saturated rings. The summed E-state index contributed by atoms with van der Waals surface area (Å²) in [4.78, 5) is 29.9. The Morgan fingerprint density at radius 2 is 1.50 bits per heavy atom. The average molecular weight is 656 g/mol. The molecule has 0 heterocycles. The minimum absolute atomic E-state index is 0.0577. The van der Waals surface area contributed by atoms with E-state index in [1.807, 2.05) is 54.6 Å². The lowest BCUT2D eigenvalue weighted by molar-refractivity contribution is -0.140. The maximum absolute atomic E-state index is 14.3. The molecule has 0 spiro atoms. The number of para-hydroxylation sites is 1. The highest BCUT2D eigenvalue weighted by molar-refractivity contribution is 9.10. The predicted molar refractivity (Wildman–Crippen MR) is 170 cm³/mol. The molecule has 0 radical (unpaired) electrons. The smallest absolute Gasteiger partial charge is 0.304 e. The number of amides is 2. The highest BCUT2D eigenvalue weighted by Crippen LogP contribution is 2.23. The molecule has 10 heteroatoms. The van der Waals surface area contributed by atoms with Crippen LogP contribution in [0.1, 0.15) is 43.2 Å². The first-order chi connectivity index (χ1) is 20.1. The Kier molecular flexibility index (Phi) is 11.2. The van der Waals surface area contributed by atoms with Crippen molar-refractivity contribution in [1.82, 2.24) is 14.5 Å². The second-order valence-electron chi connectivity index (χ2n) is 10.8. The van der Waals surface area contributed by atoms with Crippen LogP contribution < -0.4 is 9.62 Å². The quantitative estimate of drug-likeness (QED) is 0.293. The van der Waals surface area contributed by atoms with Crippen LogP contribution in [0.2, 0.25) is 0 Å². The third kappa shape index (κ3) is 8.42. The fraction of sp³-hybridized carbons (Fsp3) is 0.375. The van der Waals surface area contributed by atoms with Gasteiger partial charge in [-0.15, -0.1) is 0 Å². The van der Waals surface area contributed by atoms with Crippen LogP contribution in [0.3, 0.4) is 0 Å². The van der Waals surface area contributed by atoms with Crippen LogP contribution in [-0.2, 0) is 32.8 Å². The van der Waals surface area contributed by atoms with Gasteiger partial charge in [-0.25, -0.2) is 4.31 Å². The molecule has 0 aliphatic heterocycles. The van der Waals surface area contributed by atoms with Crippen LogP contribution in [0.15, 0.2) is 89.4 Å². The molecule has 0 aromatic heterocycles. The minimum atomic E-state index is -4.02. The van der Waals surface area contributed by atoms with E-state index in [0.29, 0.717) is 12.1 Å². The molecule has 2 amide bonds. The molecule has 1 aliphatic rings. The third-order valence-corrected chi connectivity index (χ3v) is 9.84. The van der Waals surface area contributed by atoms with Gasteiger partial charge in [0.15, 0.2) is 0 Å². The maximum atomic E-state index is 14.3. The van der Waals surface area contributed by atoms with Crippen LogP contribution in [0, 0.1) is 0 Å². The van der Waals surface area contributed by atoms with Crippen LogP contribution in [-0.4, -0.2) is 62.2 Å². The summed E-state index contributed by atoms with van der Waals surface area (Å²) in [5.41, 5.74) is 2.10. The molecule has 4 rings (SSSR count). The van der Waals surface area contributed by atoms with Gasteiger partial charge >= 0.3 is 10.2 Å². The first-order valence-corrected chi connectivity index (χ1v) is 16.5. The molecule has 1 N–H and O–H groups in total. The number of anilines is 1. The number of hydrogen-bond acceptors (Lipinski definition) is 4. The molecule has 3 aromatic rings. The number of carbonyl (C=O) groups excluding carboxylic acids is 2. The summed E-state index contributed by atoms with van der Waals surface area (Å²) < 4.78 is 29.9. The summed E-state index contributed by atoms with van der Waals surface area (Å²) in [6.45, 7) is -0.320. The van der Waals surface area contributed by atoms with E-state index in [-0.39, 0.29) is 18.5 Å². The molecule has 3 aromatic carbocycles. The summed E-state index contributed by atoms with van der Waals surface area (Å²) in [6.07, 6.45) is 5.39. The summed E-state index contributed by atoms with van der Waals surface area (Å²) in [5.74, 6) is -0.695. The van der Waals surface area contributed by atoms with Crippen molar-refractivity contribution in [2.45, 2.75) is 57.2 Å². The zero-order valence-corrected chi connectivity index (χ0v) is 26.6. The van der Waals surface area contributed by atoms with Gasteiger partial charge in [-0.3, -0.25) is 9.59 Å². The molecule has 1 atom stereocenters. The predicted octanol–water partition coefficient (Wildman–Crippen LogP) is 5.15. The van der Waals surface area contributed by atoms with E-state index < -0.39 is 28.7 Å². The standard InChI is InChI=1S/C32H39BrN4O4S/c1-35(2)42(40,41)37(29-19-10-5-11-20-29)24-31(38)36(23-26-15-12-16-27(33)21-26)30(22-25-13-6-3-7-14-25)32(39)34-28-17-8-4-9-18-28/h3,5-7,10-16,19-21,28,30H,4,8-9,17-18,22-24H2,1-2H3,(H,34,39). The normalized spacial score (nSPS) is 14.8. The Bertz CT molecular complexity index is 1430. The number of nitrogens with one attached hydrogen (secondary N) is 1. The van der Waals surface area contributed by atoms with Gasteiger partial charge in [-0.05, 0) is 48.2 Å². The van der Waals surface area contributed by atoms with Crippen molar-refractivity contribution in [3.05, 3.63) is 101 Å². The fourth-order valence-electron chi connectivity index (χ4n) is 5.24. The van der Waals surface area contributed by atoms with Crippen molar-refractivity contribution in [3.8, 4) is 0 Å². The first kappa shape index (κ1) is 31.7. The van der Waals surface area contributed by atoms with Gasteiger partial charge in [0.05, 0.1) is 5.69 Å². The van der Waals surface area contributed by atoms with E-state index >= 15 is 0 Å². The van der Waals surface area contributed by atoms with Crippen molar-refractivity contribution in [2.24, 2.45) is 0 Å². The Balaban J connectivity index is 1.74. The van der Waals surface area contributed by atoms with Crippen LogP contribution in [0.25, 0.3) is 0 Å². The molecule has 42 heavy (non-hydrogen) atoms. The third-order valence-electron chi connectivity index (χ3n) is 7.53. The summed E-state index contributed by atoms with van der Waals surface area (Å²) in [7, 11) is -1.15. The van der Waals surface area contributed by atoms with Crippen molar-refractivity contribution >= 4 is 43.6 Å². The second kappa shape index (κ2) is 14.8. The summed E-state index contributed by atoms with van der Waals surface area (Å²) in [5, 5.41) is 3.22. The Morgan fingerprint density at radius 1 is 0.881 bits per heavy atom. The number of rotatable bonds is 12. The second-order valence-corrected chi connectivity index (χ2v) is 13.8. The van der Waals surface area contributed by atoms with Gasteiger partial charge in [0.25, 0.3) is 0 Å². The van der Waals surface area contributed by atoms with Gasteiger partial charge in [-0.1, -0.05) is 95.9 Å². The molecule has 0 saturated heterocycles. The lowest BCUT2D eigenvalue weighted by Crippen LogP contribution is -2.55. The number of benzene rings is 3. The molecule has 0 bridgehead atoms. The fourth-order valence-corrected chi connectivity index (χ4v) is 6.74. The van der Waals surface area contributed by atoms with E-state index in [2.05, 4.69) is 21.2 Å². The van der Waals surface area contributed by atoms with E-state index in [4.69, 9.17) is 0 Å². The van der Waals surface area contributed by atoms with Crippen molar-refractivity contribution in [2.75, 3.05) is 24.9 Å². The van der Waals surface area contributed by atoms with Crippen LogP contribution in [0.5, 0.6) is 0 Å². The van der Waals surface area contributed by atoms with Gasteiger partial charge in [-0.2, -0.15) is 12.7 Å². The number of nitrogens with zero attached hydrogens (tertiary/aromatic N) is 3. The summed E-state index contributed by atoms with van der Waals surface area (Å²) in [6, 6.07) is 25.0. The largest absolute Gasteiger partial charge is 0.352 e. The highest BCUT2D eigenvalue weighted by atomic mass is 79.9. The van der Waals surface area contributed by atoms with Gasteiger partial charge < -0.3 is 10.2 Å². The molecule has 1 unspecified atom stereocenters. The molecule has 224 valence electrons. The monoisotopic (exact) mass is 654 g/mol. The number of hydrogen-bond donors (Lipinski definition) is 1. The maximum Gasteiger partial charge on any atom is 0.304 e. The Hall–Kier alpha value is -3.21. The topological polar surface area (TPSA) is 90.0 Å². The van der Waals surface area contributed by atoms with Gasteiger partial charge in [0.2, 0.25) is 11.8 Å². The number of halogens is 1. The average Bonchev–Trinajstić information content (AvgIpc) is 2.99. The zero-order valence-electron chi connectivity index (χ0n) is 24.2. The van der Waals surface area contributed by atoms with Crippen molar-refractivity contribution < 1.29 is 18.0 Å². The van der Waals surface area contributed by atoms with Gasteiger partial charge in [0.1, 0.15) is 12.6 Å². The SMILES string of the molecule is CN(C)S(=O)(=O)N(CC(=O)N(Cc1cccc(Br)c1)C(Cc1ccccc1)C(=O)NC1CCCCC1)c1ccccc1. The summed E-state index contributed by atoms with van der Waals surface area (Å²) >= 11 is 3.51.